The van der Waals surface area contributed by atoms with Gasteiger partial charge >= 0.3 is 0 Å². The number of hydrogen-bond donors (Lipinski definition) is 2. The van der Waals surface area contributed by atoms with Gasteiger partial charge in [0, 0.05) is 44.7 Å². The highest BCUT2D eigenvalue weighted by Gasteiger charge is 2.25. The van der Waals surface area contributed by atoms with Crippen LogP contribution >= 0.6 is 0 Å². The van der Waals surface area contributed by atoms with Gasteiger partial charge in [-0.05, 0) is 26.3 Å². The zero-order chi connectivity index (χ0) is 17.6. The molecule has 2 aliphatic rings. The number of rotatable bonds is 6. The molecule has 140 valence electrons. The molecule has 1 aromatic rings. The summed E-state index contributed by atoms with van der Waals surface area (Å²) in [6.07, 6.45) is 7.86. The molecule has 0 spiro atoms. The molecule has 0 aromatic carbocycles. The van der Waals surface area contributed by atoms with E-state index in [2.05, 4.69) is 39.2 Å². The molecule has 1 amide bonds. The molecule has 1 aliphatic carbocycles. The highest BCUT2D eigenvalue weighted by atomic mass is 16.1. The van der Waals surface area contributed by atoms with E-state index in [1.54, 1.807) is 6.20 Å². The van der Waals surface area contributed by atoms with Gasteiger partial charge in [0.15, 0.2) is 0 Å². The zero-order valence-corrected chi connectivity index (χ0v) is 15.8. The van der Waals surface area contributed by atoms with E-state index in [1.165, 1.54) is 32.1 Å². The lowest BCUT2D eigenvalue weighted by atomic mass is 9.85. The number of carbonyl (C=O) groups is 1. The van der Waals surface area contributed by atoms with Gasteiger partial charge in [-0.1, -0.05) is 26.2 Å². The molecule has 2 fully saturated rings. The van der Waals surface area contributed by atoms with Gasteiger partial charge in [-0.25, -0.2) is 0 Å². The Morgan fingerprint density at radius 3 is 2.68 bits per heavy atom. The maximum Gasteiger partial charge on any atom is 0.254 e. The fourth-order valence-electron chi connectivity index (χ4n) is 4.16. The van der Waals surface area contributed by atoms with Crippen LogP contribution in [0, 0.1) is 0 Å². The Morgan fingerprint density at radius 1 is 1.28 bits per heavy atom. The second-order valence-electron chi connectivity index (χ2n) is 7.56. The number of aromatic nitrogens is 2. The summed E-state index contributed by atoms with van der Waals surface area (Å²) in [6.45, 7) is 10.7. The molecule has 6 heteroatoms. The standard InChI is InChI=1S/C19H33N5O/c1-3-23-9-11-24(12-10-23)15(2)13-20-19(25)17-14-21-22-18(17)16-7-5-4-6-8-16/h14-16H,3-13H2,1-2H3,(H,20,25)(H,21,22). The lowest BCUT2D eigenvalue weighted by Crippen LogP contribution is -2.52. The van der Waals surface area contributed by atoms with E-state index in [0.29, 0.717) is 18.5 Å². The monoisotopic (exact) mass is 347 g/mol. The van der Waals surface area contributed by atoms with Crippen LogP contribution in [-0.4, -0.2) is 71.2 Å². The van der Waals surface area contributed by atoms with Crippen molar-refractivity contribution in [1.29, 1.82) is 0 Å². The first-order valence-corrected chi connectivity index (χ1v) is 9.97. The van der Waals surface area contributed by atoms with Crippen molar-refractivity contribution in [1.82, 2.24) is 25.3 Å². The summed E-state index contributed by atoms with van der Waals surface area (Å²) in [7, 11) is 0. The number of nitrogens with one attached hydrogen (secondary N) is 2. The minimum Gasteiger partial charge on any atom is -0.350 e. The van der Waals surface area contributed by atoms with Crippen molar-refractivity contribution in [2.45, 2.75) is 57.9 Å². The predicted molar refractivity (Wildman–Crippen MR) is 99.9 cm³/mol. The van der Waals surface area contributed by atoms with E-state index in [-0.39, 0.29) is 5.91 Å². The summed E-state index contributed by atoms with van der Waals surface area (Å²) < 4.78 is 0. The molecular weight excluding hydrogens is 314 g/mol. The van der Waals surface area contributed by atoms with Gasteiger partial charge in [0.2, 0.25) is 0 Å². The van der Waals surface area contributed by atoms with Crippen molar-refractivity contribution in [3.63, 3.8) is 0 Å². The molecule has 2 N–H and O–H groups in total. The van der Waals surface area contributed by atoms with Crippen LogP contribution in [0.4, 0.5) is 0 Å². The van der Waals surface area contributed by atoms with Crippen molar-refractivity contribution < 1.29 is 4.79 Å². The lowest BCUT2D eigenvalue weighted by Gasteiger charge is -2.37. The Bertz CT molecular complexity index is 544. The summed E-state index contributed by atoms with van der Waals surface area (Å²) in [6, 6.07) is 0.369. The quantitative estimate of drug-likeness (QED) is 0.828. The molecule has 6 nitrogen and oxygen atoms in total. The van der Waals surface area contributed by atoms with Crippen LogP contribution < -0.4 is 5.32 Å². The van der Waals surface area contributed by atoms with E-state index in [1.807, 2.05) is 0 Å². The smallest absolute Gasteiger partial charge is 0.254 e. The first kappa shape index (κ1) is 18.4. The Morgan fingerprint density at radius 2 is 2.00 bits per heavy atom. The molecule has 1 aromatic heterocycles. The SMILES string of the molecule is CCN1CCN(C(C)CNC(=O)c2cn[nH]c2C2CCCCC2)CC1. The highest BCUT2D eigenvalue weighted by molar-refractivity contribution is 5.95. The molecule has 3 rings (SSSR count). The van der Waals surface area contributed by atoms with E-state index in [9.17, 15) is 4.79 Å². The third-order valence-electron chi connectivity index (χ3n) is 5.96. The van der Waals surface area contributed by atoms with E-state index in [4.69, 9.17) is 0 Å². The summed E-state index contributed by atoms with van der Waals surface area (Å²) >= 11 is 0. The summed E-state index contributed by atoms with van der Waals surface area (Å²) in [5.41, 5.74) is 1.79. The average molecular weight is 348 g/mol. The van der Waals surface area contributed by atoms with Crippen LogP contribution in [0.3, 0.4) is 0 Å². The number of H-pyrrole nitrogens is 1. The van der Waals surface area contributed by atoms with E-state index in [0.717, 1.165) is 44.0 Å². The molecule has 1 atom stereocenters. The molecule has 25 heavy (non-hydrogen) atoms. The van der Waals surface area contributed by atoms with Gasteiger partial charge in [-0.2, -0.15) is 5.10 Å². The number of likely N-dealkylation sites (N-methyl/N-ethyl adjacent to an activating group) is 1. The second kappa shape index (κ2) is 8.81. The molecule has 1 aliphatic heterocycles. The van der Waals surface area contributed by atoms with Crippen molar-refractivity contribution in [3.8, 4) is 0 Å². The molecule has 1 saturated carbocycles. The Labute approximate surface area is 151 Å². The van der Waals surface area contributed by atoms with Crippen LogP contribution in [0.5, 0.6) is 0 Å². The van der Waals surface area contributed by atoms with Gasteiger partial charge in [0.05, 0.1) is 17.5 Å². The number of aromatic amines is 1. The van der Waals surface area contributed by atoms with E-state index >= 15 is 0 Å². The Hall–Kier alpha value is -1.40. The molecule has 0 radical (unpaired) electrons. The van der Waals surface area contributed by atoms with Crippen molar-refractivity contribution in [3.05, 3.63) is 17.5 Å². The van der Waals surface area contributed by atoms with Crippen LogP contribution in [0.2, 0.25) is 0 Å². The first-order valence-electron chi connectivity index (χ1n) is 9.97. The van der Waals surface area contributed by atoms with Gasteiger partial charge in [0.25, 0.3) is 5.91 Å². The fraction of sp³-hybridized carbons (Fsp3) is 0.789. The predicted octanol–water partition coefficient (Wildman–Crippen LogP) is 2.21. The summed E-state index contributed by atoms with van der Waals surface area (Å²) in [5, 5.41) is 10.4. The van der Waals surface area contributed by atoms with Crippen molar-refractivity contribution in [2.24, 2.45) is 0 Å². The number of amides is 1. The summed E-state index contributed by atoms with van der Waals surface area (Å²) in [5.74, 6) is 0.491. The number of piperazine rings is 1. The van der Waals surface area contributed by atoms with Crippen LogP contribution in [0.25, 0.3) is 0 Å². The van der Waals surface area contributed by atoms with Gasteiger partial charge in [-0.3, -0.25) is 14.8 Å². The maximum absolute atomic E-state index is 12.7. The Kier molecular flexibility index (Phi) is 6.48. The molecule has 2 heterocycles. The first-order chi connectivity index (χ1) is 12.2. The fourth-order valence-corrected chi connectivity index (χ4v) is 4.16. The van der Waals surface area contributed by atoms with Crippen molar-refractivity contribution in [2.75, 3.05) is 39.3 Å². The Balaban J connectivity index is 1.50. The third kappa shape index (κ3) is 4.61. The minimum absolute atomic E-state index is 0.0216. The number of nitrogens with zero attached hydrogens (tertiary/aromatic N) is 3. The highest BCUT2D eigenvalue weighted by Crippen LogP contribution is 2.33. The largest absolute Gasteiger partial charge is 0.350 e. The van der Waals surface area contributed by atoms with Gasteiger partial charge in [-0.15, -0.1) is 0 Å². The molecule has 1 saturated heterocycles. The van der Waals surface area contributed by atoms with Crippen LogP contribution in [-0.2, 0) is 0 Å². The van der Waals surface area contributed by atoms with Crippen LogP contribution in [0.15, 0.2) is 6.20 Å². The maximum atomic E-state index is 12.7. The van der Waals surface area contributed by atoms with Crippen LogP contribution in [0.1, 0.15) is 67.9 Å². The molecular formula is C19H33N5O. The third-order valence-corrected chi connectivity index (χ3v) is 5.96. The van der Waals surface area contributed by atoms with E-state index < -0.39 is 0 Å². The van der Waals surface area contributed by atoms with Crippen molar-refractivity contribution >= 4 is 5.91 Å². The zero-order valence-electron chi connectivity index (χ0n) is 15.8. The van der Waals surface area contributed by atoms with Gasteiger partial charge < -0.3 is 10.2 Å². The van der Waals surface area contributed by atoms with Gasteiger partial charge in [0.1, 0.15) is 0 Å². The summed E-state index contributed by atoms with van der Waals surface area (Å²) in [4.78, 5) is 17.6. The normalized spacial score (nSPS) is 22.0. The molecule has 1 unspecified atom stereocenters. The molecule has 0 bridgehead atoms. The minimum atomic E-state index is 0.0216. The number of hydrogen-bond acceptors (Lipinski definition) is 4. The number of carbonyl (C=O) groups excluding carboxylic acids is 1. The topological polar surface area (TPSA) is 64.3 Å². The lowest BCUT2D eigenvalue weighted by molar-refractivity contribution is 0.0881. The average Bonchev–Trinajstić information content (AvgIpc) is 3.16. The second-order valence-corrected chi connectivity index (χ2v) is 7.56.